The van der Waals surface area contributed by atoms with Crippen LogP contribution in [0.2, 0.25) is 0 Å². The Morgan fingerprint density at radius 1 is 1.39 bits per heavy atom. The van der Waals surface area contributed by atoms with Crippen molar-refractivity contribution in [1.82, 2.24) is 5.32 Å². The molecule has 0 aromatic heterocycles. The van der Waals surface area contributed by atoms with Crippen LogP contribution in [0.4, 0.5) is 0 Å². The van der Waals surface area contributed by atoms with Gasteiger partial charge in [-0.2, -0.15) is 0 Å². The van der Waals surface area contributed by atoms with Crippen LogP contribution in [0.5, 0.6) is 0 Å². The van der Waals surface area contributed by atoms with E-state index in [1.165, 1.54) is 0 Å². The van der Waals surface area contributed by atoms with E-state index in [4.69, 9.17) is 5.11 Å². The first-order valence-electron chi connectivity index (χ1n) is 6.63. The number of aliphatic hydroxyl groups excluding tert-OH is 1. The maximum absolute atomic E-state index is 11.8. The number of carbonyl (C=O) groups is 1. The molecule has 0 aliphatic carbocycles. The molecule has 18 heavy (non-hydrogen) atoms. The highest BCUT2D eigenvalue weighted by Crippen LogP contribution is 2.09. The molecule has 0 saturated heterocycles. The molecule has 0 aliphatic rings. The summed E-state index contributed by atoms with van der Waals surface area (Å²) in [6, 6.07) is 7.63. The van der Waals surface area contributed by atoms with E-state index in [1.54, 1.807) is 0 Å². The van der Waals surface area contributed by atoms with Crippen molar-refractivity contribution >= 4 is 5.91 Å². The standard InChI is InChI=1S/C15H23NO2/c1-3-4-6-12(2)15(18)16-10-13-7-5-8-14(9-13)11-17/h5,7-9,12,17H,3-4,6,10-11H2,1-2H3,(H,16,18). The topological polar surface area (TPSA) is 49.3 Å². The fraction of sp³-hybridized carbons (Fsp3) is 0.533. The molecule has 1 atom stereocenters. The van der Waals surface area contributed by atoms with Gasteiger partial charge in [-0.3, -0.25) is 4.79 Å². The lowest BCUT2D eigenvalue weighted by Gasteiger charge is -2.12. The monoisotopic (exact) mass is 249 g/mol. The van der Waals surface area contributed by atoms with E-state index in [0.29, 0.717) is 6.54 Å². The van der Waals surface area contributed by atoms with E-state index in [1.807, 2.05) is 31.2 Å². The van der Waals surface area contributed by atoms with E-state index in [9.17, 15) is 4.79 Å². The van der Waals surface area contributed by atoms with Crippen LogP contribution >= 0.6 is 0 Å². The zero-order chi connectivity index (χ0) is 13.4. The largest absolute Gasteiger partial charge is 0.392 e. The number of unbranched alkanes of at least 4 members (excludes halogenated alkanes) is 1. The molecule has 2 N–H and O–H groups in total. The zero-order valence-electron chi connectivity index (χ0n) is 11.3. The van der Waals surface area contributed by atoms with E-state index >= 15 is 0 Å². The Balaban J connectivity index is 2.41. The van der Waals surface area contributed by atoms with Crippen LogP contribution in [-0.4, -0.2) is 11.0 Å². The lowest BCUT2D eigenvalue weighted by atomic mass is 10.0. The normalized spacial score (nSPS) is 12.2. The van der Waals surface area contributed by atoms with Crippen molar-refractivity contribution in [2.75, 3.05) is 0 Å². The summed E-state index contributed by atoms with van der Waals surface area (Å²) >= 11 is 0. The lowest BCUT2D eigenvalue weighted by molar-refractivity contribution is -0.124. The smallest absolute Gasteiger partial charge is 0.223 e. The summed E-state index contributed by atoms with van der Waals surface area (Å²) in [5.41, 5.74) is 1.90. The second-order valence-electron chi connectivity index (χ2n) is 4.74. The summed E-state index contributed by atoms with van der Waals surface area (Å²) in [7, 11) is 0. The molecule has 1 aromatic carbocycles. The number of benzene rings is 1. The van der Waals surface area contributed by atoms with Crippen LogP contribution in [0, 0.1) is 5.92 Å². The Morgan fingerprint density at radius 2 is 2.11 bits per heavy atom. The molecule has 0 saturated carbocycles. The van der Waals surface area contributed by atoms with Crippen LogP contribution in [0.25, 0.3) is 0 Å². The first-order chi connectivity index (χ1) is 8.67. The summed E-state index contributed by atoms with van der Waals surface area (Å²) < 4.78 is 0. The van der Waals surface area contributed by atoms with Crippen molar-refractivity contribution in [2.24, 2.45) is 5.92 Å². The van der Waals surface area contributed by atoms with E-state index in [2.05, 4.69) is 12.2 Å². The summed E-state index contributed by atoms with van der Waals surface area (Å²) in [6.07, 6.45) is 3.16. The molecule has 3 heteroatoms. The third-order valence-electron chi connectivity index (χ3n) is 3.08. The first-order valence-corrected chi connectivity index (χ1v) is 6.63. The number of carbonyl (C=O) groups excluding carboxylic acids is 1. The highest BCUT2D eigenvalue weighted by atomic mass is 16.3. The van der Waals surface area contributed by atoms with Crippen LogP contribution in [0.15, 0.2) is 24.3 Å². The van der Waals surface area contributed by atoms with E-state index in [0.717, 1.165) is 30.4 Å². The van der Waals surface area contributed by atoms with Crippen molar-refractivity contribution in [2.45, 2.75) is 46.3 Å². The quantitative estimate of drug-likeness (QED) is 0.780. The average Bonchev–Trinajstić information content (AvgIpc) is 2.42. The van der Waals surface area contributed by atoms with Crippen molar-refractivity contribution in [3.8, 4) is 0 Å². The molecule has 1 rings (SSSR count). The molecule has 100 valence electrons. The fourth-order valence-corrected chi connectivity index (χ4v) is 1.84. The maximum atomic E-state index is 11.8. The minimum absolute atomic E-state index is 0.0364. The Kier molecular flexibility index (Phi) is 6.44. The number of rotatable bonds is 7. The van der Waals surface area contributed by atoms with Gasteiger partial charge in [-0.15, -0.1) is 0 Å². The molecular weight excluding hydrogens is 226 g/mol. The van der Waals surface area contributed by atoms with Crippen LogP contribution in [0.1, 0.15) is 44.2 Å². The number of amides is 1. The van der Waals surface area contributed by atoms with Gasteiger partial charge in [0.1, 0.15) is 0 Å². The molecule has 1 unspecified atom stereocenters. The summed E-state index contributed by atoms with van der Waals surface area (Å²) in [5.74, 6) is 0.184. The van der Waals surface area contributed by atoms with Crippen molar-refractivity contribution in [3.63, 3.8) is 0 Å². The van der Waals surface area contributed by atoms with Crippen LogP contribution in [-0.2, 0) is 17.9 Å². The molecule has 1 aromatic rings. The number of nitrogens with one attached hydrogen (secondary N) is 1. The molecule has 0 bridgehead atoms. The van der Waals surface area contributed by atoms with Gasteiger partial charge in [-0.25, -0.2) is 0 Å². The van der Waals surface area contributed by atoms with E-state index < -0.39 is 0 Å². The zero-order valence-corrected chi connectivity index (χ0v) is 11.3. The number of hydrogen-bond acceptors (Lipinski definition) is 2. The fourth-order valence-electron chi connectivity index (χ4n) is 1.84. The van der Waals surface area contributed by atoms with E-state index in [-0.39, 0.29) is 18.4 Å². The maximum Gasteiger partial charge on any atom is 0.223 e. The number of hydrogen-bond donors (Lipinski definition) is 2. The average molecular weight is 249 g/mol. The molecule has 3 nitrogen and oxygen atoms in total. The van der Waals surface area contributed by atoms with Crippen LogP contribution in [0.3, 0.4) is 0 Å². The Morgan fingerprint density at radius 3 is 2.78 bits per heavy atom. The van der Waals surface area contributed by atoms with Crippen molar-refractivity contribution < 1.29 is 9.90 Å². The lowest BCUT2D eigenvalue weighted by Crippen LogP contribution is -2.28. The van der Waals surface area contributed by atoms with Gasteiger partial charge in [-0.05, 0) is 17.5 Å². The Hall–Kier alpha value is -1.35. The molecule has 0 aliphatic heterocycles. The predicted octanol–water partition coefficient (Wildman–Crippen LogP) is 2.62. The predicted molar refractivity (Wildman–Crippen MR) is 72.9 cm³/mol. The van der Waals surface area contributed by atoms with Crippen LogP contribution < -0.4 is 5.32 Å². The second-order valence-corrected chi connectivity index (χ2v) is 4.74. The second kappa shape index (κ2) is 7.88. The molecule has 0 fully saturated rings. The van der Waals surface area contributed by atoms with Crippen molar-refractivity contribution in [3.05, 3.63) is 35.4 Å². The minimum atomic E-state index is 0.0364. The van der Waals surface area contributed by atoms with Gasteiger partial charge in [0.05, 0.1) is 6.61 Å². The third kappa shape index (κ3) is 4.88. The molecule has 0 radical (unpaired) electrons. The highest BCUT2D eigenvalue weighted by molar-refractivity contribution is 5.78. The Bertz CT molecular complexity index is 377. The third-order valence-corrected chi connectivity index (χ3v) is 3.08. The molecule has 0 heterocycles. The van der Waals surface area contributed by atoms with Gasteiger partial charge in [-0.1, -0.05) is 51.0 Å². The Labute approximate surface area is 109 Å². The van der Waals surface area contributed by atoms with Crippen molar-refractivity contribution in [1.29, 1.82) is 0 Å². The molecule has 1 amide bonds. The summed E-state index contributed by atoms with van der Waals surface area (Å²) in [6.45, 7) is 4.66. The van der Waals surface area contributed by atoms with Gasteiger partial charge in [0, 0.05) is 12.5 Å². The SMILES string of the molecule is CCCCC(C)C(=O)NCc1cccc(CO)c1. The summed E-state index contributed by atoms with van der Waals surface area (Å²) in [4.78, 5) is 11.8. The van der Waals surface area contributed by atoms with Gasteiger partial charge in [0.2, 0.25) is 5.91 Å². The molecular formula is C15H23NO2. The molecule has 0 spiro atoms. The minimum Gasteiger partial charge on any atom is -0.392 e. The number of aliphatic hydroxyl groups is 1. The van der Waals surface area contributed by atoms with Gasteiger partial charge < -0.3 is 10.4 Å². The highest BCUT2D eigenvalue weighted by Gasteiger charge is 2.11. The van der Waals surface area contributed by atoms with Gasteiger partial charge in [0.15, 0.2) is 0 Å². The summed E-state index contributed by atoms with van der Waals surface area (Å²) in [5, 5.41) is 12.0. The first kappa shape index (κ1) is 14.7. The van der Waals surface area contributed by atoms with Gasteiger partial charge in [0.25, 0.3) is 0 Å². The van der Waals surface area contributed by atoms with Gasteiger partial charge >= 0.3 is 0 Å².